The zero-order valence-corrected chi connectivity index (χ0v) is 10.4. The van der Waals surface area contributed by atoms with Gasteiger partial charge in [0.25, 0.3) is 0 Å². The maximum absolute atomic E-state index is 2.40. The van der Waals surface area contributed by atoms with Crippen molar-refractivity contribution >= 4 is 0 Å². The van der Waals surface area contributed by atoms with Gasteiger partial charge in [0.2, 0.25) is 0 Å². The van der Waals surface area contributed by atoms with Crippen molar-refractivity contribution in [2.75, 3.05) is 0 Å². The number of aromatic nitrogens is 1. The molecule has 1 heterocycles. The fourth-order valence-corrected chi connectivity index (χ4v) is 1.93. The lowest BCUT2D eigenvalue weighted by molar-refractivity contribution is -0.705. The molecular weight excluding hydrogens is 182 g/mol. The van der Waals surface area contributed by atoms with Gasteiger partial charge in [0.15, 0.2) is 11.9 Å². The first kappa shape index (κ1) is 12.2. The van der Waals surface area contributed by atoms with Crippen LogP contribution < -0.4 is 4.57 Å². The lowest BCUT2D eigenvalue weighted by Crippen LogP contribution is -2.38. The molecule has 15 heavy (non-hydrogen) atoms. The van der Waals surface area contributed by atoms with Crippen molar-refractivity contribution < 1.29 is 4.57 Å². The summed E-state index contributed by atoms with van der Waals surface area (Å²) in [6.07, 6.45) is 7.56. The van der Waals surface area contributed by atoms with Gasteiger partial charge >= 0.3 is 0 Å². The maximum Gasteiger partial charge on any atom is 0.183 e. The minimum Gasteiger partial charge on any atom is -0.202 e. The van der Waals surface area contributed by atoms with E-state index >= 15 is 0 Å². The van der Waals surface area contributed by atoms with E-state index in [2.05, 4.69) is 49.7 Å². The monoisotopic (exact) mass is 206 g/mol. The summed E-state index contributed by atoms with van der Waals surface area (Å²) in [7, 11) is 0. The second-order valence-corrected chi connectivity index (χ2v) is 4.53. The van der Waals surface area contributed by atoms with Gasteiger partial charge in [0.05, 0.1) is 0 Å². The lowest BCUT2D eigenvalue weighted by atomic mass is 10.1. The number of hydrogen-bond acceptors (Lipinski definition) is 0. The molecule has 0 saturated carbocycles. The van der Waals surface area contributed by atoms with Gasteiger partial charge in [-0.15, -0.1) is 0 Å². The Bertz CT molecular complexity index is 278. The molecule has 0 saturated heterocycles. The second kappa shape index (κ2) is 6.60. The minimum absolute atomic E-state index is 0.623. The van der Waals surface area contributed by atoms with Crippen LogP contribution in [0.15, 0.2) is 24.4 Å². The normalized spacial score (nSPS) is 10.9. The average Bonchev–Trinajstić information content (AvgIpc) is 2.25. The number of pyridine rings is 1. The molecule has 1 heteroatoms. The van der Waals surface area contributed by atoms with Gasteiger partial charge in [0.1, 0.15) is 6.54 Å². The van der Waals surface area contributed by atoms with Crippen molar-refractivity contribution in [3.63, 3.8) is 0 Å². The zero-order valence-electron chi connectivity index (χ0n) is 10.4. The third kappa shape index (κ3) is 4.03. The van der Waals surface area contributed by atoms with Crippen molar-refractivity contribution in [1.29, 1.82) is 0 Å². The highest BCUT2D eigenvalue weighted by Crippen LogP contribution is 2.08. The number of aryl methyl sites for hydroxylation is 1. The smallest absolute Gasteiger partial charge is 0.183 e. The van der Waals surface area contributed by atoms with E-state index in [0.717, 1.165) is 0 Å². The summed E-state index contributed by atoms with van der Waals surface area (Å²) < 4.78 is 2.40. The van der Waals surface area contributed by atoms with Crippen molar-refractivity contribution in [3.8, 4) is 0 Å². The number of nitrogens with zero attached hydrogens (tertiary/aromatic N) is 1. The van der Waals surface area contributed by atoms with Gasteiger partial charge in [-0.25, -0.2) is 4.57 Å². The van der Waals surface area contributed by atoms with Crippen LogP contribution in [0.2, 0.25) is 0 Å². The topological polar surface area (TPSA) is 3.88 Å². The van der Waals surface area contributed by atoms with Crippen LogP contribution in [0.25, 0.3) is 0 Å². The fraction of sp³-hybridized carbons (Fsp3) is 0.643. The van der Waals surface area contributed by atoms with Crippen molar-refractivity contribution in [2.24, 2.45) is 0 Å². The molecule has 0 unspecified atom stereocenters. The molecule has 0 aliphatic carbocycles. The Morgan fingerprint density at radius 2 is 1.93 bits per heavy atom. The predicted octanol–water partition coefficient (Wildman–Crippen LogP) is 3.68. The molecule has 0 aromatic carbocycles. The Morgan fingerprint density at radius 3 is 2.60 bits per heavy atom. The summed E-state index contributed by atoms with van der Waals surface area (Å²) in [5.74, 6) is 0.623. The molecule has 0 atom stereocenters. The largest absolute Gasteiger partial charge is 0.202 e. The van der Waals surface area contributed by atoms with E-state index in [4.69, 9.17) is 0 Å². The quantitative estimate of drug-likeness (QED) is 0.494. The van der Waals surface area contributed by atoms with Crippen molar-refractivity contribution in [1.82, 2.24) is 0 Å². The molecule has 1 rings (SSSR count). The fourth-order valence-electron chi connectivity index (χ4n) is 1.93. The number of unbranched alkanes of at least 4 members (excludes halogenated alkanes) is 3. The molecular formula is C14H24N+. The van der Waals surface area contributed by atoms with Crippen LogP contribution in [-0.2, 0) is 6.54 Å². The molecule has 1 aromatic heterocycles. The van der Waals surface area contributed by atoms with E-state index in [9.17, 15) is 0 Å². The van der Waals surface area contributed by atoms with Gasteiger partial charge in [-0.05, 0) is 6.42 Å². The van der Waals surface area contributed by atoms with Gasteiger partial charge in [0, 0.05) is 24.5 Å². The third-order valence-corrected chi connectivity index (χ3v) is 2.82. The van der Waals surface area contributed by atoms with Crippen LogP contribution in [0.5, 0.6) is 0 Å². The highest BCUT2D eigenvalue weighted by atomic mass is 15.0. The van der Waals surface area contributed by atoms with Gasteiger partial charge in [-0.3, -0.25) is 0 Å². The molecule has 0 aliphatic rings. The van der Waals surface area contributed by atoms with Crippen LogP contribution in [0.4, 0.5) is 0 Å². The molecule has 0 aliphatic heterocycles. The van der Waals surface area contributed by atoms with Gasteiger partial charge < -0.3 is 0 Å². The second-order valence-electron chi connectivity index (χ2n) is 4.53. The van der Waals surface area contributed by atoms with E-state index in [1.165, 1.54) is 37.9 Å². The Morgan fingerprint density at radius 1 is 1.13 bits per heavy atom. The standard InChI is InChI=1S/C14H24N/c1-4-5-6-8-11-15-12-9-7-10-14(15)13(2)3/h7,9-10,12-13H,4-6,8,11H2,1-3H3/q+1. The van der Waals surface area contributed by atoms with Crippen LogP contribution >= 0.6 is 0 Å². The van der Waals surface area contributed by atoms with E-state index in [-0.39, 0.29) is 0 Å². The molecule has 0 spiro atoms. The molecule has 0 radical (unpaired) electrons. The van der Waals surface area contributed by atoms with E-state index < -0.39 is 0 Å². The Balaban J connectivity index is 2.52. The van der Waals surface area contributed by atoms with Crippen LogP contribution in [0, 0.1) is 0 Å². The summed E-state index contributed by atoms with van der Waals surface area (Å²) in [6, 6.07) is 6.51. The highest BCUT2D eigenvalue weighted by Gasteiger charge is 2.12. The summed E-state index contributed by atoms with van der Waals surface area (Å²) >= 11 is 0. The Kier molecular flexibility index (Phi) is 5.38. The summed E-state index contributed by atoms with van der Waals surface area (Å²) in [5.41, 5.74) is 1.45. The predicted molar refractivity (Wildman–Crippen MR) is 64.9 cm³/mol. The van der Waals surface area contributed by atoms with Crippen LogP contribution in [0.3, 0.4) is 0 Å². The van der Waals surface area contributed by atoms with Crippen molar-refractivity contribution in [2.45, 2.75) is 58.9 Å². The first-order valence-electron chi connectivity index (χ1n) is 6.24. The maximum atomic E-state index is 2.40. The van der Waals surface area contributed by atoms with E-state index in [0.29, 0.717) is 5.92 Å². The Labute approximate surface area is 94.1 Å². The van der Waals surface area contributed by atoms with Crippen molar-refractivity contribution in [3.05, 3.63) is 30.1 Å². The first-order valence-corrected chi connectivity index (χ1v) is 6.24. The molecule has 1 nitrogen and oxygen atoms in total. The first-order chi connectivity index (χ1) is 7.25. The third-order valence-electron chi connectivity index (χ3n) is 2.82. The Hall–Kier alpha value is -0.850. The SMILES string of the molecule is CCCCCC[n+]1ccccc1C(C)C. The highest BCUT2D eigenvalue weighted by molar-refractivity contribution is 5.01. The summed E-state index contributed by atoms with van der Waals surface area (Å²) in [5, 5.41) is 0. The molecule has 0 fully saturated rings. The molecule has 0 N–H and O–H groups in total. The van der Waals surface area contributed by atoms with E-state index in [1.54, 1.807) is 0 Å². The number of rotatable bonds is 6. The van der Waals surface area contributed by atoms with Gasteiger partial charge in [-0.2, -0.15) is 0 Å². The summed E-state index contributed by atoms with van der Waals surface area (Å²) in [4.78, 5) is 0. The van der Waals surface area contributed by atoms with E-state index in [1.807, 2.05) is 0 Å². The molecule has 1 aromatic rings. The molecule has 84 valence electrons. The van der Waals surface area contributed by atoms with Crippen LogP contribution in [0.1, 0.15) is 58.1 Å². The average molecular weight is 206 g/mol. The number of hydrogen-bond donors (Lipinski definition) is 0. The zero-order chi connectivity index (χ0) is 11.1. The molecule has 0 amide bonds. The summed E-state index contributed by atoms with van der Waals surface area (Å²) in [6.45, 7) is 7.96. The van der Waals surface area contributed by atoms with Crippen LogP contribution in [-0.4, -0.2) is 0 Å². The molecule has 0 bridgehead atoms. The minimum atomic E-state index is 0.623. The lowest BCUT2D eigenvalue weighted by Gasteiger charge is -2.06. The van der Waals surface area contributed by atoms with Gasteiger partial charge in [-0.1, -0.05) is 39.7 Å².